The van der Waals surface area contributed by atoms with Gasteiger partial charge in [-0.1, -0.05) is 159 Å². The Labute approximate surface area is 420 Å². The number of furan rings is 1. The second kappa shape index (κ2) is 18.6. The Kier molecular flexibility index (Phi) is 12.8. The maximum Gasteiger partial charge on any atom is 0.121 e. The van der Waals surface area contributed by atoms with Crippen molar-refractivity contribution < 1.29 is 24.5 Å². The summed E-state index contributed by atoms with van der Waals surface area (Å²) in [5.41, 5.74) is 15.3. The Bertz CT molecular complexity index is 3620. The summed E-state index contributed by atoms with van der Waals surface area (Å²) in [5.74, 6) is 1.39. The molecule has 0 amide bonds. The van der Waals surface area contributed by atoms with Crippen LogP contribution >= 0.6 is 0 Å². The number of hydrogen-bond donors (Lipinski definition) is 0. The molecule has 0 saturated carbocycles. The van der Waals surface area contributed by atoms with Gasteiger partial charge in [0.1, 0.15) is 11.9 Å². The molecule has 3 heterocycles. The molecule has 0 unspecified atom stereocenters. The van der Waals surface area contributed by atoms with E-state index in [1.54, 1.807) is 6.33 Å². The van der Waals surface area contributed by atoms with Crippen molar-refractivity contribution in [3.8, 4) is 39.5 Å². The van der Waals surface area contributed by atoms with Crippen LogP contribution in [0.25, 0.3) is 94.0 Å². The summed E-state index contributed by atoms with van der Waals surface area (Å²) in [5, 5.41) is 7.06. The van der Waals surface area contributed by atoms with Crippen LogP contribution in [0.2, 0.25) is 0 Å². The van der Waals surface area contributed by atoms with E-state index in [4.69, 9.17) is 9.40 Å². The van der Waals surface area contributed by atoms with E-state index in [1.165, 1.54) is 55.0 Å². The van der Waals surface area contributed by atoms with Crippen molar-refractivity contribution in [2.75, 3.05) is 0 Å². The number of para-hydroxylation sites is 2. The Hall–Kier alpha value is -6.72. The summed E-state index contributed by atoms with van der Waals surface area (Å²) in [6, 6.07) is 60.7. The molecule has 347 valence electrons. The minimum Gasteiger partial charge on any atom is -0.501 e. The molecule has 0 saturated heterocycles. The maximum absolute atomic E-state index is 6.91. The van der Waals surface area contributed by atoms with E-state index in [0.29, 0.717) is 0 Å². The molecule has 69 heavy (non-hydrogen) atoms. The quantitative estimate of drug-likeness (QED) is 0.123. The van der Waals surface area contributed by atoms with Crippen LogP contribution in [0.1, 0.15) is 103 Å². The summed E-state index contributed by atoms with van der Waals surface area (Å²) < 4.78 is 9.29. The van der Waals surface area contributed by atoms with Crippen molar-refractivity contribution in [1.29, 1.82) is 0 Å². The van der Waals surface area contributed by atoms with Crippen LogP contribution in [0, 0.1) is 12.1 Å². The van der Waals surface area contributed by atoms with Crippen LogP contribution in [0.5, 0.6) is 0 Å². The number of fused-ring (bicyclic) bond motifs is 7. The predicted octanol–water partition coefficient (Wildman–Crippen LogP) is 17.1. The van der Waals surface area contributed by atoms with Crippen LogP contribution in [-0.4, -0.2) is 19.5 Å². The van der Waals surface area contributed by atoms with Crippen LogP contribution < -0.4 is 0 Å². The first-order chi connectivity index (χ1) is 32.6. The SMILES string of the molecule is CC(C)(C)c1cc(-c2[c-]cccc2)ncn1.CC(C)c1cc(-c2ccccc2)cc(C(C)C)c1-n1c(-c2[c-]ccc3c2oc2cc4c(ccc5cc(C(C)(C)C)ccc54)cc23)nc2ccccc21.[Ir]. The summed E-state index contributed by atoms with van der Waals surface area (Å²) >= 11 is 0. The largest absolute Gasteiger partial charge is 0.501 e. The standard InChI is InChI=1S/C49H43N2O.C14H15N2.Ir/c1-29(2)39-26-34(31-14-9-8-10-15-31)27-40(30(3)4)46(39)51-44-19-12-11-18-43(44)50-48(51)38-17-13-16-37-42-25-33-21-20-32-24-35(49(5,6)7)22-23-36(32)41(33)28-45(42)52-47(37)38;1-14(2,3)13-9-12(15-10-16-13)11-7-5-4-6-8-11;/h8-16,18-30H,1-7H3;4-7,9-10H,1-3H3;/q2*-1;. The molecule has 0 atom stereocenters. The smallest absolute Gasteiger partial charge is 0.121 e. The second-order valence-corrected chi connectivity index (χ2v) is 20.8. The van der Waals surface area contributed by atoms with E-state index >= 15 is 0 Å². The van der Waals surface area contributed by atoms with Crippen molar-refractivity contribution >= 4 is 54.5 Å². The van der Waals surface area contributed by atoms with Crippen LogP contribution in [0.4, 0.5) is 0 Å². The molecular formula is C63H58IrN4O-2. The first kappa shape index (κ1) is 47.3. The van der Waals surface area contributed by atoms with Gasteiger partial charge in [-0.05, 0) is 109 Å². The number of benzene rings is 8. The van der Waals surface area contributed by atoms with Gasteiger partial charge < -0.3 is 8.98 Å². The fourth-order valence-electron chi connectivity index (χ4n) is 9.44. The van der Waals surface area contributed by atoms with Gasteiger partial charge in [0.2, 0.25) is 0 Å². The van der Waals surface area contributed by atoms with E-state index in [0.717, 1.165) is 61.3 Å². The Morgan fingerprint density at radius 2 is 1.26 bits per heavy atom. The van der Waals surface area contributed by atoms with Gasteiger partial charge in [0.25, 0.3) is 0 Å². The van der Waals surface area contributed by atoms with Crippen LogP contribution in [0.3, 0.4) is 0 Å². The molecule has 6 heteroatoms. The molecule has 11 rings (SSSR count). The number of nitrogens with zero attached hydrogens (tertiary/aromatic N) is 4. The number of aromatic nitrogens is 4. The maximum atomic E-state index is 6.91. The molecule has 3 aromatic heterocycles. The van der Waals surface area contributed by atoms with Crippen molar-refractivity contribution in [3.05, 3.63) is 193 Å². The van der Waals surface area contributed by atoms with Gasteiger partial charge in [-0.25, -0.2) is 4.98 Å². The molecule has 5 nitrogen and oxygen atoms in total. The molecule has 0 fully saturated rings. The summed E-state index contributed by atoms with van der Waals surface area (Å²) in [6.07, 6.45) is 1.62. The topological polar surface area (TPSA) is 56.7 Å². The zero-order valence-corrected chi connectivity index (χ0v) is 43.6. The zero-order chi connectivity index (χ0) is 47.5. The number of rotatable bonds is 6. The van der Waals surface area contributed by atoms with E-state index in [2.05, 4.69) is 211 Å². The van der Waals surface area contributed by atoms with Crippen LogP contribution in [0.15, 0.2) is 162 Å². The molecule has 0 spiro atoms. The van der Waals surface area contributed by atoms with Crippen LogP contribution in [-0.2, 0) is 30.9 Å². The Morgan fingerprint density at radius 3 is 1.94 bits per heavy atom. The summed E-state index contributed by atoms with van der Waals surface area (Å²) in [6.45, 7) is 22.4. The summed E-state index contributed by atoms with van der Waals surface area (Å²) in [4.78, 5) is 13.9. The van der Waals surface area contributed by atoms with E-state index in [9.17, 15) is 0 Å². The average Bonchev–Trinajstić information content (AvgIpc) is 3.91. The Balaban J connectivity index is 0.000000296. The molecule has 0 bridgehead atoms. The predicted molar refractivity (Wildman–Crippen MR) is 285 cm³/mol. The number of imidazole rings is 1. The molecule has 0 aliphatic heterocycles. The van der Waals surface area contributed by atoms with Gasteiger partial charge in [0.15, 0.2) is 0 Å². The second-order valence-electron chi connectivity index (χ2n) is 20.8. The van der Waals surface area contributed by atoms with Gasteiger partial charge in [0, 0.05) is 42.3 Å². The monoisotopic (exact) mass is 1080 g/mol. The molecule has 11 aromatic rings. The molecule has 1 radical (unpaired) electrons. The zero-order valence-electron chi connectivity index (χ0n) is 41.2. The first-order valence-electron chi connectivity index (χ1n) is 23.9. The Morgan fingerprint density at radius 1 is 0.565 bits per heavy atom. The molecule has 0 aliphatic rings. The van der Waals surface area contributed by atoms with Gasteiger partial charge in [0.05, 0.1) is 22.4 Å². The van der Waals surface area contributed by atoms with E-state index < -0.39 is 0 Å². The fourth-order valence-corrected chi connectivity index (χ4v) is 9.44. The van der Waals surface area contributed by atoms with E-state index in [-0.39, 0.29) is 42.8 Å². The fraction of sp³-hybridized carbons (Fsp3) is 0.222. The van der Waals surface area contributed by atoms with Gasteiger partial charge in [-0.15, -0.1) is 54.1 Å². The minimum atomic E-state index is 0. The first-order valence-corrected chi connectivity index (χ1v) is 23.9. The molecule has 0 aliphatic carbocycles. The minimum absolute atomic E-state index is 0. The van der Waals surface area contributed by atoms with Crippen molar-refractivity contribution in [1.82, 2.24) is 19.5 Å². The van der Waals surface area contributed by atoms with Gasteiger partial charge in [-0.2, -0.15) is 0 Å². The average molecular weight is 1080 g/mol. The normalized spacial score (nSPS) is 12.1. The molecule has 0 N–H and O–H groups in total. The third kappa shape index (κ3) is 9.05. The molecular weight excluding hydrogens is 1020 g/mol. The van der Waals surface area contributed by atoms with Crippen molar-refractivity contribution in [2.24, 2.45) is 0 Å². The van der Waals surface area contributed by atoms with E-state index in [1.807, 2.05) is 36.4 Å². The van der Waals surface area contributed by atoms with Gasteiger partial charge in [-0.3, -0.25) is 9.97 Å². The molecule has 8 aromatic carbocycles. The van der Waals surface area contributed by atoms with Gasteiger partial charge >= 0.3 is 0 Å². The summed E-state index contributed by atoms with van der Waals surface area (Å²) in [7, 11) is 0. The number of hydrogen-bond acceptors (Lipinski definition) is 4. The van der Waals surface area contributed by atoms with Crippen molar-refractivity contribution in [3.63, 3.8) is 0 Å². The third-order valence-corrected chi connectivity index (χ3v) is 13.2. The van der Waals surface area contributed by atoms with Crippen molar-refractivity contribution in [2.45, 2.75) is 91.9 Å². The third-order valence-electron chi connectivity index (χ3n) is 13.2.